The Balaban J connectivity index is 1.56. The van der Waals surface area contributed by atoms with E-state index in [0.29, 0.717) is 5.69 Å². The van der Waals surface area contributed by atoms with Gasteiger partial charge in [0.15, 0.2) is 0 Å². The molecule has 26 heavy (non-hydrogen) atoms. The predicted octanol–water partition coefficient (Wildman–Crippen LogP) is 2.22. The molecule has 1 fully saturated rings. The molecule has 0 radical (unpaired) electrons. The highest BCUT2D eigenvalue weighted by atomic mass is 16.2. The first-order valence-corrected chi connectivity index (χ1v) is 9.66. The molecule has 0 bridgehead atoms. The third kappa shape index (κ3) is 3.43. The van der Waals surface area contributed by atoms with Gasteiger partial charge >= 0.3 is 0 Å². The van der Waals surface area contributed by atoms with E-state index in [1.54, 1.807) is 6.20 Å². The SMILES string of the molecule is Nc1nc2c(c(C(=O)N3CCCCC3CCn3cccn3)n1)CCCC2. The molecule has 1 saturated heterocycles. The van der Waals surface area contributed by atoms with E-state index in [1.165, 1.54) is 0 Å². The summed E-state index contributed by atoms with van der Waals surface area (Å²) < 4.78 is 1.93. The van der Waals surface area contributed by atoms with Gasteiger partial charge in [0.25, 0.3) is 5.91 Å². The van der Waals surface area contributed by atoms with Crippen molar-refractivity contribution < 1.29 is 4.79 Å². The van der Waals surface area contributed by atoms with E-state index in [-0.39, 0.29) is 17.9 Å². The van der Waals surface area contributed by atoms with Crippen LogP contribution in [0.2, 0.25) is 0 Å². The number of aryl methyl sites for hydroxylation is 2. The van der Waals surface area contributed by atoms with Crippen LogP contribution in [-0.4, -0.2) is 43.1 Å². The molecule has 7 nitrogen and oxygen atoms in total. The minimum absolute atomic E-state index is 0.0300. The van der Waals surface area contributed by atoms with Crippen molar-refractivity contribution >= 4 is 11.9 Å². The van der Waals surface area contributed by atoms with E-state index in [4.69, 9.17) is 5.73 Å². The van der Waals surface area contributed by atoms with Gasteiger partial charge in [0.1, 0.15) is 5.69 Å². The van der Waals surface area contributed by atoms with Gasteiger partial charge in [-0.05, 0) is 57.4 Å². The highest BCUT2D eigenvalue weighted by Gasteiger charge is 2.31. The zero-order valence-electron chi connectivity index (χ0n) is 15.1. The van der Waals surface area contributed by atoms with E-state index in [2.05, 4.69) is 15.1 Å². The van der Waals surface area contributed by atoms with Gasteiger partial charge in [-0.2, -0.15) is 5.10 Å². The number of carbonyl (C=O) groups excluding carboxylic acids is 1. The number of fused-ring (bicyclic) bond motifs is 1. The minimum Gasteiger partial charge on any atom is -0.368 e. The normalized spacial score (nSPS) is 20.0. The number of carbonyl (C=O) groups is 1. The number of nitrogens with zero attached hydrogens (tertiary/aromatic N) is 5. The molecule has 7 heteroatoms. The molecular weight excluding hydrogens is 328 g/mol. The summed E-state index contributed by atoms with van der Waals surface area (Å²) in [6.45, 7) is 1.62. The summed E-state index contributed by atoms with van der Waals surface area (Å²) in [7, 11) is 0. The largest absolute Gasteiger partial charge is 0.368 e. The van der Waals surface area contributed by atoms with Gasteiger partial charge in [-0.3, -0.25) is 9.48 Å². The molecule has 3 heterocycles. The number of piperidine rings is 1. The fourth-order valence-electron chi connectivity index (χ4n) is 4.21. The summed E-state index contributed by atoms with van der Waals surface area (Å²) in [5.41, 5.74) is 8.43. The molecule has 4 rings (SSSR count). The van der Waals surface area contributed by atoms with Crippen LogP contribution in [0.5, 0.6) is 0 Å². The highest BCUT2D eigenvalue weighted by Crippen LogP contribution is 2.27. The summed E-state index contributed by atoms with van der Waals surface area (Å²) in [6.07, 6.45) is 11.9. The van der Waals surface area contributed by atoms with Gasteiger partial charge in [-0.25, -0.2) is 9.97 Å². The molecule has 1 aliphatic heterocycles. The molecule has 1 atom stereocenters. The van der Waals surface area contributed by atoms with Crippen molar-refractivity contribution in [1.29, 1.82) is 0 Å². The Kier molecular flexibility index (Phi) is 4.86. The van der Waals surface area contributed by atoms with Crippen molar-refractivity contribution in [2.45, 2.75) is 64.0 Å². The van der Waals surface area contributed by atoms with Crippen LogP contribution in [0.3, 0.4) is 0 Å². The number of hydrogen-bond acceptors (Lipinski definition) is 5. The molecule has 2 aliphatic rings. The predicted molar refractivity (Wildman–Crippen MR) is 98.6 cm³/mol. The van der Waals surface area contributed by atoms with E-state index in [9.17, 15) is 4.79 Å². The Morgan fingerprint density at radius 2 is 2.08 bits per heavy atom. The van der Waals surface area contributed by atoms with Crippen LogP contribution in [0.25, 0.3) is 0 Å². The van der Waals surface area contributed by atoms with E-state index in [0.717, 1.165) is 75.7 Å². The van der Waals surface area contributed by atoms with Gasteiger partial charge in [-0.15, -0.1) is 0 Å². The van der Waals surface area contributed by atoms with Gasteiger partial charge in [-0.1, -0.05) is 0 Å². The summed E-state index contributed by atoms with van der Waals surface area (Å²) >= 11 is 0. The van der Waals surface area contributed by atoms with Crippen molar-refractivity contribution in [2.75, 3.05) is 12.3 Å². The lowest BCUT2D eigenvalue weighted by Gasteiger charge is -2.36. The number of nitrogen functional groups attached to an aromatic ring is 1. The maximum atomic E-state index is 13.4. The summed E-state index contributed by atoms with van der Waals surface area (Å²) in [5, 5.41) is 4.27. The fraction of sp³-hybridized carbons (Fsp3) is 0.579. The highest BCUT2D eigenvalue weighted by molar-refractivity contribution is 5.94. The van der Waals surface area contributed by atoms with Crippen molar-refractivity contribution in [1.82, 2.24) is 24.6 Å². The molecule has 0 saturated carbocycles. The van der Waals surface area contributed by atoms with Gasteiger partial charge in [0.05, 0.1) is 0 Å². The van der Waals surface area contributed by atoms with Crippen molar-refractivity contribution in [3.8, 4) is 0 Å². The zero-order valence-corrected chi connectivity index (χ0v) is 15.1. The molecule has 1 aliphatic carbocycles. The third-order valence-corrected chi connectivity index (χ3v) is 5.54. The number of amides is 1. The average Bonchev–Trinajstić information content (AvgIpc) is 3.19. The second kappa shape index (κ2) is 7.43. The van der Waals surface area contributed by atoms with E-state index in [1.807, 2.05) is 21.8 Å². The van der Waals surface area contributed by atoms with Gasteiger partial charge in [0.2, 0.25) is 5.95 Å². The van der Waals surface area contributed by atoms with Crippen LogP contribution < -0.4 is 5.73 Å². The molecular formula is C19H26N6O. The summed E-state index contributed by atoms with van der Waals surface area (Å²) in [4.78, 5) is 24.1. The van der Waals surface area contributed by atoms with Crippen LogP contribution in [0.4, 0.5) is 5.95 Å². The molecule has 1 unspecified atom stereocenters. The third-order valence-electron chi connectivity index (χ3n) is 5.54. The number of aromatic nitrogens is 4. The second-order valence-electron chi connectivity index (χ2n) is 7.27. The summed E-state index contributed by atoms with van der Waals surface area (Å²) in [6, 6.07) is 2.16. The van der Waals surface area contributed by atoms with Crippen LogP contribution >= 0.6 is 0 Å². The lowest BCUT2D eigenvalue weighted by Crippen LogP contribution is -2.45. The standard InChI is InChI=1S/C19H26N6O/c20-19-22-16-8-2-1-7-15(16)17(23-19)18(26)25-12-4-3-6-14(25)9-13-24-11-5-10-21-24/h5,10-11,14H,1-4,6-9,12-13H2,(H2,20,22,23). The first kappa shape index (κ1) is 17.0. The van der Waals surface area contributed by atoms with E-state index < -0.39 is 0 Å². The number of hydrogen-bond donors (Lipinski definition) is 1. The van der Waals surface area contributed by atoms with Crippen LogP contribution in [0, 0.1) is 0 Å². The maximum absolute atomic E-state index is 13.4. The first-order valence-electron chi connectivity index (χ1n) is 9.66. The van der Waals surface area contributed by atoms with Crippen molar-refractivity contribution in [3.63, 3.8) is 0 Å². The van der Waals surface area contributed by atoms with Gasteiger partial charge < -0.3 is 10.6 Å². The van der Waals surface area contributed by atoms with Crippen LogP contribution in [0.1, 0.15) is 60.3 Å². The Labute approximate surface area is 153 Å². The number of anilines is 1. The van der Waals surface area contributed by atoms with Gasteiger partial charge in [0, 0.05) is 42.8 Å². The minimum atomic E-state index is 0.0300. The van der Waals surface area contributed by atoms with Crippen LogP contribution in [0.15, 0.2) is 18.5 Å². The second-order valence-corrected chi connectivity index (χ2v) is 7.27. The number of nitrogens with two attached hydrogens (primary N) is 1. The quantitative estimate of drug-likeness (QED) is 0.909. The Morgan fingerprint density at radius 1 is 1.19 bits per heavy atom. The average molecular weight is 354 g/mol. The van der Waals surface area contributed by atoms with Crippen molar-refractivity contribution in [2.24, 2.45) is 0 Å². The van der Waals surface area contributed by atoms with Crippen molar-refractivity contribution in [3.05, 3.63) is 35.4 Å². The van der Waals surface area contributed by atoms with Crippen LogP contribution in [-0.2, 0) is 19.4 Å². The Bertz CT molecular complexity index is 773. The molecule has 1 amide bonds. The lowest BCUT2D eigenvalue weighted by atomic mass is 9.93. The van der Waals surface area contributed by atoms with E-state index >= 15 is 0 Å². The maximum Gasteiger partial charge on any atom is 0.273 e. The first-order chi connectivity index (χ1) is 12.7. The topological polar surface area (TPSA) is 89.9 Å². The molecule has 138 valence electrons. The zero-order chi connectivity index (χ0) is 17.9. The fourth-order valence-corrected chi connectivity index (χ4v) is 4.21. The lowest BCUT2D eigenvalue weighted by molar-refractivity contribution is 0.0586. The monoisotopic (exact) mass is 354 g/mol. The molecule has 0 spiro atoms. The number of likely N-dealkylation sites (tertiary alicyclic amines) is 1. The summed E-state index contributed by atoms with van der Waals surface area (Å²) in [5.74, 6) is 0.251. The molecule has 2 aromatic rings. The Morgan fingerprint density at radius 3 is 2.92 bits per heavy atom. The Hall–Kier alpha value is -2.44. The smallest absolute Gasteiger partial charge is 0.273 e. The number of rotatable bonds is 4. The molecule has 0 aromatic carbocycles. The molecule has 2 aromatic heterocycles. The molecule has 2 N–H and O–H groups in total.